The van der Waals surface area contributed by atoms with Crippen molar-refractivity contribution in [3.05, 3.63) is 0 Å². The van der Waals surface area contributed by atoms with Crippen LogP contribution in [-0.2, 0) is 16.8 Å². The van der Waals surface area contributed by atoms with Crippen molar-refractivity contribution in [3.8, 4) is 0 Å². The van der Waals surface area contributed by atoms with Crippen LogP contribution in [0.1, 0.15) is 0 Å². The summed E-state index contributed by atoms with van der Waals surface area (Å²) >= 11 is 0. The summed E-state index contributed by atoms with van der Waals surface area (Å²) < 4.78 is 0. The molecule has 10 heteroatoms. The standard InChI is InChI=1S/CH2O3.Co.6N/c2-1(3)4;;;;;;;/h(H2,2,3,4);;;;;;;/q;+2;;;;;;/p-2. The molecule has 0 atom stereocenters. The molecule has 0 aliphatic carbocycles. The van der Waals surface area contributed by atoms with Gasteiger partial charge >= 0.3 is 16.8 Å². The molecule has 0 heterocycles. The maximum Gasteiger partial charge on any atom is 2.00 e. The fourth-order valence-electron chi connectivity index (χ4n) is 0. The molecule has 0 N–H and O–H groups in total. The number of carbonyl (C=O) groups is 1. The molecule has 9 nitrogen and oxygen atoms in total. The third kappa shape index (κ3) is 2520. The van der Waals surface area contributed by atoms with Gasteiger partial charge in [0.25, 0.3) is 0 Å². The van der Waals surface area contributed by atoms with Gasteiger partial charge in [-0.05, 0) is 6.16 Å². The van der Waals surface area contributed by atoms with Gasteiger partial charge in [0.2, 0.25) is 0 Å². The predicted octanol–water partition coefficient (Wildman–Crippen LogP) is -5.33. The minimum Gasteiger partial charge on any atom is -0.652 e. The number of carboxylic acid groups (broad SMARTS) is 2. The van der Waals surface area contributed by atoms with Crippen LogP contribution in [-0.4, -0.2) is 6.16 Å². The number of hydrogen-bond donors (Lipinski definition) is 0. The second-order valence-electron chi connectivity index (χ2n) is 0.250. The zero-order valence-corrected chi connectivity index (χ0v) is 5.78. The molecule has 11 heavy (non-hydrogen) atoms. The van der Waals surface area contributed by atoms with Gasteiger partial charge in [0.05, 0.1) is 0 Å². The van der Waals surface area contributed by atoms with Crippen LogP contribution >= 0.6 is 0 Å². The largest absolute Gasteiger partial charge is 2.00 e. The Labute approximate surface area is 75.6 Å². The average molecular weight is 203 g/mol. The number of hydrogen-bond acceptors (Lipinski definition) is 3. The molecule has 0 aliphatic heterocycles. The molecule has 0 fully saturated rings. The van der Waals surface area contributed by atoms with Crippen LogP contribution in [0.25, 0.3) is 0 Å². The summed E-state index contributed by atoms with van der Waals surface area (Å²) in [7, 11) is 0. The fourth-order valence-corrected chi connectivity index (χ4v) is 0. The number of rotatable bonds is 0. The molecule has 0 spiro atoms. The molecule has 0 saturated heterocycles. The van der Waals surface area contributed by atoms with Gasteiger partial charge in [0, 0.05) is 36.9 Å². The molecule has 0 amide bonds. The first-order valence-corrected chi connectivity index (χ1v) is 0.612. The second-order valence-corrected chi connectivity index (χ2v) is 0.250. The topological polar surface area (TPSA) is 246 Å². The van der Waals surface area contributed by atoms with Crippen molar-refractivity contribution in [1.29, 1.82) is 0 Å². The van der Waals surface area contributed by atoms with Crippen LogP contribution < -0.4 is 47.1 Å². The summed E-state index contributed by atoms with van der Waals surface area (Å²) in [6.45, 7) is 0. The molecule has 0 aliphatic rings. The van der Waals surface area contributed by atoms with E-state index in [0.717, 1.165) is 0 Å². The van der Waals surface area contributed by atoms with E-state index in [1.165, 1.54) is 0 Å². The fraction of sp³-hybridized carbons (Fsp3) is 0. The Morgan fingerprint density at radius 2 is 0.727 bits per heavy atom. The Bertz CT molecular complexity index is 40.8. The summed E-state index contributed by atoms with van der Waals surface area (Å²) in [5.74, 6) is 0. The summed E-state index contributed by atoms with van der Waals surface area (Å²) in [5, 5.41) is 16.7. The predicted molar refractivity (Wildman–Crippen MR) is 18.2 cm³/mol. The monoisotopic (exact) mass is 203 g/mol. The van der Waals surface area contributed by atoms with E-state index in [1.54, 1.807) is 0 Å². The third-order valence-corrected chi connectivity index (χ3v) is 0. The number of nitrogens with zero attached hydrogens (tertiary/aromatic N) is 6. The molecular weight excluding hydrogens is 203 g/mol. The minimum absolute atomic E-state index is 0. The van der Waals surface area contributed by atoms with Crippen molar-refractivity contribution in [3.63, 3.8) is 0 Å². The van der Waals surface area contributed by atoms with Crippen LogP contribution in [0.15, 0.2) is 0 Å². The van der Waals surface area contributed by atoms with Crippen molar-refractivity contribution in [2.75, 3.05) is 0 Å². The van der Waals surface area contributed by atoms with Crippen molar-refractivity contribution in [1.82, 2.24) is 36.9 Å². The molecule has 0 aromatic carbocycles. The summed E-state index contributed by atoms with van der Waals surface area (Å²) in [5.41, 5.74) is 0. The number of carbonyl (C=O) groups excluding carboxylic acids is 1. The summed E-state index contributed by atoms with van der Waals surface area (Å²) in [4.78, 5) is 8.33. The first kappa shape index (κ1) is 149. The third-order valence-electron chi connectivity index (χ3n) is 0. The zero-order chi connectivity index (χ0) is 3.58. The van der Waals surface area contributed by atoms with Crippen LogP contribution in [0.2, 0.25) is 0 Å². The van der Waals surface area contributed by atoms with E-state index in [-0.39, 0.29) is 53.7 Å². The Hall–Kier alpha value is -0.464. The molecule has 0 saturated carbocycles. The van der Waals surface area contributed by atoms with E-state index in [1.807, 2.05) is 0 Å². The quantitative estimate of drug-likeness (QED) is 0.373. The average Bonchev–Trinajstić information content (AvgIpc) is 0.811. The molecular formula is CCoN6O3. The second kappa shape index (κ2) is 108. The van der Waals surface area contributed by atoms with E-state index < -0.39 is 6.16 Å². The van der Waals surface area contributed by atoms with Crippen molar-refractivity contribution in [2.45, 2.75) is 0 Å². The van der Waals surface area contributed by atoms with Gasteiger partial charge in [0.1, 0.15) is 0 Å². The van der Waals surface area contributed by atoms with Crippen LogP contribution in [0.4, 0.5) is 4.79 Å². The van der Waals surface area contributed by atoms with Gasteiger partial charge in [-0.1, -0.05) is 0 Å². The zero-order valence-electron chi connectivity index (χ0n) is 4.74. The van der Waals surface area contributed by atoms with Gasteiger partial charge in [0.15, 0.2) is 0 Å². The molecule has 0 aromatic rings. The molecule has 61 valence electrons. The smallest absolute Gasteiger partial charge is 0.652 e. The Kier molecular flexibility index (Phi) is 1460. The molecule has 0 bridgehead atoms. The van der Waals surface area contributed by atoms with E-state index >= 15 is 0 Å². The minimum atomic E-state index is -2.33. The van der Waals surface area contributed by atoms with E-state index in [2.05, 4.69) is 0 Å². The SMILES string of the molecule is O=C([O-])[O-].[Co+2].[N].[N].[N].[N].[N].[N]. The Balaban J connectivity index is -0.00000000214. The van der Waals surface area contributed by atoms with E-state index in [0.29, 0.717) is 0 Å². The van der Waals surface area contributed by atoms with Gasteiger partial charge in [-0.25, -0.2) is 0 Å². The van der Waals surface area contributed by atoms with Crippen LogP contribution in [0, 0.1) is 0 Å². The van der Waals surface area contributed by atoms with Crippen molar-refractivity contribution in [2.24, 2.45) is 0 Å². The normalized spacial score (nSPS) is 2.18. The first-order chi connectivity index (χ1) is 1.73. The van der Waals surface area contributed by atoms with Crippen LogP contribution in [0.3, 0.4) is 0 Å². The maximum atomic E-state index is 8.33. The van der Waals surface area contributed by atoms with Crippen molar-refractivity contribution >= 4 is 6.16 Å². The van der Waals surface area contributed by atoms with Gasteiger partial charge in [-0.2, -0.15) is 0 Å². The summed E-state index contributed by atoms with van der Waals surface area (Å²) in [6.07, 6.45) is -2.33. The Morgan fingerprint density at radius 1 is 0.727 bits per heavy atom. The van der Waals surface area contributed by atoms with Crippen LogP contribution in [0.5, 0.6) is 0 Å². The van der Waals surface area contributed by atoms with E-state index in [9.17, 15) is 0 Å². The molecule has 0 rings (SSSR count). The van der Waals surface area contributed by atoms with Gasteiger partial charge in [-0.15, -0.1) is 0 Å². The Morgan fingerprint density at radius 3 is 0.727 bits per heavy atom. The first-order valence-electron chi connectivity index (χ1n) is 0.612. The van der Waals surface area contributed by atoms with Gasteiger partial charge < -0.3 is 15.0 Å². The van der Waals surface area contributed by atoms with Gasteiger partial charge in [-0.3, -0.25) is 0 Å². The molecule has 0 unspecified atom stereocenters. The summed E-state index contributed by atoms with van der Waals surface area (Å²) in [6, 6.07) is 0. The molecule has 19 radical (unpaired) electrons. The maximum absolute atomic E-state index is 8.33. The van der Waals surface area contributed by atoms with Crippen molar-refractivity contribution < 1.29 is 31.8 Å². The van der Waals surface area contributed by atoms with E-state index in [4.69, 9.17) is 15.0 Å². The molecule has 0 aromatic heterocycles.